The number of nitro benzene ring substituents is 1. The van der Waals surface area contributed by atoms with E-state index in [1.807, 2.05) is 11.0 Å². The maximum atomic E-state index is 12.5. The molecule has 3 amide bonds. The van der Waals surface area contributed by atoms with Crippen molar-refractivity contribution in [2.24, 2.45) is 0 Å². The molecule has 29 heavy (non-hydrogen) atoms. The van der Waals surface area contributed by atoms with E-state index in [1.165, 1.54) is 25.3 Å². The molecule has 0 aromatic heterocycles. The number of amides is 3. The summed E-state index contributed by atoms with van der Waals surface area (Å²) in [5, 5.41) is 16.2. The molecule has 0 atom stereocenters. The predicted octanol–water partition coefficient (Wildman–Crippen LogP) is 3.16. The number of ether oxygens (including phenoxy) is 1. The van der Waals surface area contributed by atoms with Crippen LogP contribution in [0.2, 0.25) is 0 Å². The SMILES string of the molecule is COc1ccc([N+](=O)[O-])cc1NC(=O)NCc1cccc(C(=O)N2CCCC2)c1. The maximum absolute atomic E-state index is 12.5. The molecule has 9 nitrogen and oxygen atoms in total. The average molecular weight is 398 g/mol. The van der Waals surface area contributed by atoms with Crippen LogP contribution in [0.1, 0.15) is 28.8 Å². The lowest BCUT2D eigenvalue weighted by atomic mass is 10.1. The topological polar surface area (TPSA) is 114 Å². The molecule has 2 aromatic rings. The van der Waals surface area contributed by atoms with Crippen LogP contribution < -0.4 is 15.4 Å². The van der Waals surface area contributed by atoms with Gasteiger partial charge in [0.25, 0.3) is 11.6 Å². The van der Waals surface area contributed by atoms with Crippen molar-refractivity contribution in [3.05, 3.63) is 63.7 Å². The van der Waals surface area contributed by atoms with Crippen LogP contribution in [0.3, 0.4) is 0 Å². The number of benzene rings is 2. The number of anilines is 1. The first-order valence-corrected chi connectivity index (χ1v) is 9.23. The van der Waals surface area contributed by atoms with Gasteiger partial charge in [0.2, 0.25) is 0 Å². The van der Waals surface area contributed by atoms with Gasteiger partial charge in [0.15, 0.2) is 0 Å². The summed E-state index contributed by atoms with van der Waals surface area (Å²) in [6.07, 6.45) is 2.04. The van der Waals surface area contributed by atoms with Gasteiger partial charge < -0.3 is 20.3 Å². The number of rotatable bonds is 6. The van der Waals surface area contributed by atoms with Gasteiger partial charge in [0, 0.05) is 37.3 Å². The molecule has 0 bridgehead atoms. The third-order valence-electron chi connectivity index (χ3n) is 4.66. The highest BCUT2D eigenvalue weighted by Gasteiger charge is 2.19. The second kappa shape index (κ2) is 9.05. The Bertz CT molecular complexity index is 925. The van der Waals surface area contributed by atoms with E-state index in [2.05, 4.69) is 10.6 Å². The Kier molecular flexibility index (Phi) is 6.28. The van der Waals surface area contributed by atoms with Crippen molar-refractivity contribution in [1.82, 2.24) is 10.2 Å². The molecule has 152 valence electrons. The highest BCUT2D eigenvalue weighted by Crippen LogP contribution is 2.28. The van der Waals surface area contributed by atoms with Gasteiger partial charge in [-0.15, -0.1) is 0 Å². The standard InChI is InChI=1S/C20H22N4O5/c1-29-18-8-7-16(24(27)28)12-17(18)22-20(26)21-13-14-5-4-6-15(11-14)19(25)23-9-2-3-10-23/h4-8,11-12H,2-3,9-10,13H2,1H3,(H2,21,22,26). The number of nitrogens with zero attached hydrogens (tertiary/aromatic N) is 2. The summed E-state index contributed by atoms with van der Waals surface area (Å²) in [6.45, 7) is 1.74. The van der Waals surface area contributed by atoms with Gasteiger partial charge >= 0.3 is 6.03 Å². The summed E-state index contributed by atoms with van der Waals surface area (Å²) in [6, 6.07) is 10.5. The van der Waals surface area contributed by atoms with Gasteiger partial charge in [-0.05, 0) is 36.6 Å². The third kappa shape index (κ3) is 5.01. The fourth-order valence-corrected chi connectivity index (χ4v) is 3.17. The first kappa shape index (κ1) is 20.1. The average Bonchev–Trinajstić information content (AvgIpc) is 3.26. The van der Waals surface area contributed by atoms with Crippen LogP contribution in [0.4, 0.5) is 16.2 Å². The van der Waals surface area contributed by atoms with Crippen molar-refractivity contribution in [3.63, 3.8) is 0 Å². The Morgan fingerprint density at radius 3 is 2.62 bits per heavy atom. The fourth-order valence-electron chi connectivity index (χ4n) is 3.17. The minimum absolute atomic E-state index is 0.00451. The van der Waals surface area contributed by atoms with Crippen molar-refractivity contribution < 1.29 is 19.2 Å². The van der Waals surface area contributed by atoms with E-state index in [0.717, 1.165) is 31.5 Å². The molecule has 1 saturated heterocycles. The third-order valence-corrected chi connectivity index (χ3v) is 4.66. The second-order valence-electron chi connectivity index (χ2n) is 6.65. The smallest absolute Gasteiger partial charge is 0.319 e. The molecule has 3 rings (SSSR count). The Balaban J connectivity index is 1.62. The summed E-state index contributed by atoms with van der Waals surface area (Å²) in [5.41, 5.74) is 1.40. The number of carbonyl (C=O) groups excluding carboxylic acids is 2. The molecule has 1 fully saturated rings. The zero-order valence-corrected chi connectivity index (χ0v) is 16.0. The molecule has 2 N–H and O–H groups in total. The van der Waals surface area contributed by atoms with E-state index in [1.54, 1.807) is 18.2 Å². The number of hydrogen-bond donors (Lipinski definition) is 2. The minimum atomic E-state index is -0.550. The molecule has 9 heteroatoms. The van der Waals surface area contributed by atoms with Crippen molar-refractivity contribution in [3.8, 4) is 5.75 Å². The lowest BCUT2D eigenvalue weighted by Gasteiger charge is -2.16. The quantitative estimate of drug-likeness (QED) is 0.573. The van der Waals surface area contributed by atoms with Crippen LogP contribution in [-0.2, 0) is 6.54 Å². The Morgan fingerprint density at radius 1 is 1.17 bits per heavy atom. The Morgan fingerprint density at radius 2 is 1.93 bits per heavy atom. The molecule has 0 unspecified atom stereocenters. The number of carbonyl (C=O) groups is 2. The first-order chi connectivity index (χ1) is 14.0. The zero-order valence-electron chi connectivity index (χ0n) is 16.0. The van der Waals surface area contributed by atoms with Crippen LogP contribution >= 0.6 is 0 Å². The Labute approximate surface area is 167 Å². The first-order valence-electron chi connectivity index (χ1n) is 9.23. The van der Waals surface area contributed by atoms with Crippen molar-refractivity contribution in [2.75, 3.05) is 25.5 Å². The van der Waals surface area contributed by atoms with Crippen molar-refractivity contribution in [1.29, 1.82) is 0 Å². The zero-order chi connectivity index (χ0) is 20.8. The number of hydrogen-bond acceptors (Lipinski definition) is 5. The summed E-state index contributed by atoms with van der Waals surface area (Å²) < 4.78 is 5.13. The second-order valence-corrected chi connectivity index (χ2v) is 6.65. The van der Waals surface area contributed by atoms with E-state index in [-0.39, 0.29) is 23.8 Å². The van der Waals surface area contributed by atoms with Crippen LogP contribution in [-0.4, -0.2) is 42.0 Å². The van der Waals surface area contributed by atoms with Crippen LogP contribution in [0, 0.1) is 10.1 Å². The lowest BCUT2D eigenvalue weighted by molar-refractivity contribution is -0.384. The van der Waals surface area contributed by atoms with Crippen LogP contribution in [0.15, 0.2) is 42.5 Å². The Hall–Kier alpha value is -3.62. The summed E-state index contributed by atoms with van der Waals surface area (Å²) in [7, 11) is 1.41. The predicted molar refractivity (Wildman–Crippen MR) is 107 cm³/mol. The largest absolute Gasteiger partial charge is 0.495 e. The van der Waals surface area contributed by atoms with Gasteiger partial charge in [0.05, 0.1) is 17.7 Å². The molecule has 1 aliphatic rings. The number of nitro groups is 1. The maximum Gasteiger partial charge on any atom is 0.319 e. The monoisotopic (exact) mass is 398 g/mol. The summed E-state index contributed by atoms with van der Waals surface area (Å²) >= 11 is 0. The summed E-state index contributed by atoms with van der Waals surface area (Å²) in [4.78, 5) is 36.9. The highest BCUT2D eigenvalue weighted by molar-refractivity contribution is 5.94. The molecule has 0 saturated carbocycles. The van der Waals surface area contributed by atoms with Gasteiger partial charge in [-0.2, -0.15) is 0 Å². The minimum Gasteiger partial charge on any atom is -0.495 e. The normalized spacial score (nSPS) is 13.1. The van der Waals surface area contributed by atoms with Gasteiger partial charge in [0.1, 0.15) is 5.75 Å². The van der Waals surface area contributed by atoms with Crippen molar-refractivity contribution in [2.45, 2.75) is 19.4 Å². The van der Waals surface area contributed by atoms with E-state index >= 15 is 0 Å². The van der Waals surface area contributed by atoms with Crippen LogP contribution in [0.5, 0.6) is 5.75 Å². The molecular weight excluding hydrogens is 376 g/mol. The highest BCUT2D eigenvalue weighted by atomic mass is 16.6. The number of likely N-dealkylation sites (tertiary alicyclic amines) is 1. The van der Waals surface area contributed by atoms with Crippen molar-refractivity contribution >= 4 is 23.3 Å². The number of methoxy groups -OCH3 is 1. The number of nitrogens with one attached hydrogen (secondary N) is 2. The number of urea groups is 1. The molecule has 0 radical (unpaired) electrons. The van der Waals surface area contributed by atoms with E-state index < -0.39 is 11.0 Å². The molecule has 1 heterocycles. The number of non-ortho nitro benzene ring substituents is 1. The van der Waals surface area contributed by atoms with Gasteiger partial charge in [-0.3, -0.25) is 14.9 Å². The van der Waals surface area contributed by atoms with E-state index in [9.17, 15) is 19.7 Å². The van der Waals surface area contributed by atoms with E-state index in [0.29, 0.717) is 11.3 Å². The lowest BCUT2D eigenvalue weighted by Crippen LogP contribution is -2.29. The summed E-state index contributed by atoms with van der Waals surface area (Å²) in [5.74, 6) is 0.305. The molecule has 0 aliphatic carbocycles. The van der Waals surface area contributed by atoms with Gasteiger partial charge in [-0.1, -0.05) is 12.1 Å². The molecule has 2 aromatic carbocycles. The van der Waals surface area contributed by atoms with Gasteiger partial charge in [-0.25, -0.2) is 4.79 Å². The van der Waals surface area contributed by atoms with E-state index in [4.69, 9.17) is 4.74 Å². The molecule has 0 spiro atoms. The molecular formula is C20H22N4O5. The molecule has 1 aliphatic heterocycles. The van der Waals surface area contributed by atoms with Crippen LogP contribution in [0.25, 0.3) is 0 Å². The fraction of sp³-hybridized carbons (Fsp3) is 0.300.